The van der Waals surface area contributed by atoms with Gasteiger partial charge in [-0.25, -0.2) is 0 Å². The van der Waals surface area contributed by atoms with Crippen LogP contribution in [0.1, 0.15) is 6.92 Å². The fourth-order valence-electron chi connectivity index (χ4n) is 0.189. The molecule has 6 nitrogen and oxygen atoms in total. The number of ether oxygens (including phenoxy) is 1. The van der Waals surface area contributed by atoms with Crippen LogP contribution in [0.5, 0.6) is 0 Å². The SMILES string of the molecule is CC(=O)OCCO.O.O.O.[NaH]. The van der Waals surface area contributed by atoms with E-state index in [9.17, 15) is 4.79 Å². The first kappa shape index (κ1) is 30.2. The Morgan fingerprint density at radius 3 is 1.82 bits per heavy atom. The Balaban J connectivity index is -0.0000000300. The summed E-state index contributed by atoms with van der Waals surface area (Å²) in [6.07, 6.45) is 0. The van der Waals surface area contributed by atoms with Crippen molar-refractivity contribution in [1.29, 1.82) is 0 Å². The van der Waals surface area contributed by atoms with Crippen LogP contribution < -0.4 is 0 Å². The van der Waals surface area contributed by atoms with Crippen LogP contribution in [-0.2, 0) is 9.53 Å². The molecule has 7 N–H and O–H groups in total. The Morgan fingerprint density at radius 2 is 1.73 bits per heavy atom. The topological polar surface area (TPSA) is 141 Å². The fraction of sp³-hybridized carbons (Fsp3) is 0.750. The zero-order valence-corrected chi connectivity index (χ0v) is 5.68. The molecular weight excluding hydrogens is 167 g/mol. The molecule has 11 heavy (non-hydrogen) atoms. The Morgan fingerprint density at radius 1 is 1.36 bits per heavy atom. The van der Waals surface area contributed by atoms with E-state index in [1.165, 1.54) is 6.92 Å². The van der Waals surface area contributed by atoms with Gasteiger partial charge in [-0.1, -0.05) is 0 Å². The van der Waals surface area contributed by atoms with Crippen LogP contribution in [0.3, 0.4) is 0 Å². The molecule has 0 saturated heterocycles. The first-order valence-electron chi connectivity index (χ1n) is 2.01. The standard InChI is InChI=1S/C4H8O3.Na.3H2O.H/c1-4(6)7-3-2-5;;;;;/h5H,2-3H2,1H3;;3*1H2;. The molecule has 7 heteroatoms. The van der Waals surface area contributed by atoms with Gasteiger partial charge in [-0.15, -0.1) is 0 Å². The molecule has 0 aromatic rings. The quantitative estimate of drug-likeness (QED) is 0.348. The number of esters is 1. The summed E-state index contributed by atoms with van der Waals surface area (Å²) in [6, 6.07) is 0. The normalized spacial score (nSPS) is 5.27. The monoisotopic (exact) mass is 182 g/mol. The number of rotatable bonds is 2. The van der Waals surface area contributed by atoms with E-state index < -0.39 is 0 Å². The summed E-state index contributed by atoms with van der Waals surface area (Å²) in [5.74, 6) is -0.353. The van der Waals surface area contributed by atoms with Crippen LogP contribution in [0.15, 0.2) is 0 Å². The van der Waals surface area contributed by atoms with Crippen molar-refractivity contribution in [2.24, 2.45) is 0 Å². The molecule has 0 spiro atoms. The number of aliphatic hydroxyl groups excluding tert-OH is 1. The second kappa shape index (κ2) is 22.4. The Hall–Kier alpha value is 0.310. The van der Waals surface area contributed by atoms with Crippen molar-refractivity contribution in [2.45, 2.75) is 6.92 Å². The number of hydrogen-bond donors (Lipinski definition) is 1. The Labute approximate surface area is 86.8 Å². The van der Waals surface area contributed by atoms with Gasteiger partial charge in [0.05, 0.1) is 6.61 Å². The molecule has 0 bridgehead atoms. The second-order valence-electron chi connectivity index (χ2n) is 1.06. The van der Waals surface area contributed by atoms with E-state index in [1.807, 2.05) is 0 Å². The molecule has 0 aliphatic rings. The number of hydrogen-bond acceptors (Lipinski definition) is 3. The molecule has 68 valence electrons. The van der Waals surface area contributed by atoms with Crippen LogP contribution in [0.25, 0.3) is 0 Å². The molecule has 0 saturated carbocycles. The number of aliphatic hydroxyl groups is 1. The van der Waals surface area contributed by atoms with Crippen molar-refractivity contribution in [2.75, 3.05) is 13.2 Å². The van der Waals surface area contributed by atoms with E-state index in [0.717, 1.165) is 0 Å². The maximum atomic E-state index is 9.87. The molecule has 0 amide bonds. The van der Waals surface area contributed by atoms with Gasteiger partial charge in [0.2, 0.25) is 0 Å². The van der Waals surface area contributed by atoms with Crippen molar-refractivity contribution in [1.82, 2.24) is 0 Å². The first-order valence-corrected chi connectivity index (χ1v) is 2.01. The third kappa shape index (κ3) is 38.3. The molecule has 0 aliphatic heterocycles. The zero-order chi connectivity index (χ0) is 5.70. The van der Waals surface area contributed by atoms with E-state index in [-0.39, 0.29) is 65.2 Å². The Bertz CT molecular complexity index is 67.6. The predicted octanol–water partition coefficient (Wildman–Crippen LogP) is -3.58. The van der Waals surface area contributed by atoms with Gasteiger partial charge in [-0.3, -0.25) is 4.79 Å². The van der Waals surface area contributed by atoms with Gasteiger partial charge < -0.3 is 26.3 Å². The summed E-state index contributed by atoms with van der Waals surface area (Å²) in [6.45, 7) is 1.31. The van der Waals surface area contributed by atoms with Gasteiger partial charge in [0.25, 0.3) is 0 Å². The number of carbonyl (C=O) groups excluding carboxylic acids is 1. The van der Waals surface area contributed by atoms with E-state index in [4.69, 9.17) is 5.11 Å². The fourth-order valence-corrected chi connectivity index (χ4v) is 0.189. The van der Waals surface area contributed by atoms with E-state index >= 15 is 0 Å². The van der Waals surface area contributed by atoms with Crippen LogP contribution >= 0.6 is 0 Å². The molecule has 0 unspecified atom stereocenters. The molecule has 0 fully saturated rings. The molecular formula is C4H15NaO6. The van der Waals surface area contributed by atoms with Gasteiger partial charge >= 0.3 is 35.5 Å². The molecule has 0 aromatic heterocycles. The van der Waals surface area contributed by atoms with E-state index in [2.05, 4.69) is 4.74 Å². The predicted molar refractivity (Wildman–Crippen MR) is 41.7 cm³/mol. The van der Waals surface area contributed by atoms with Crippen LogP contribution in [0, 0.1) is 0 Å². The van der Waals surface area contributed by atoms with Crippen molar-refractivity contribution in [3.05, 3.63) is 0 Å². The Kier molecular flexibility index (Phi) is 61.6. The number of carbonyl (C=O) groups is 1. The molecule has 0 rings (SSSR count). The third-order valence-electron chi connectivity index (χ3n) is 0.397. The zero-order valence-electron chi connectivity index (χ0n) is 5.68. The van der Waals surface area contributed by atoms with Crippen molar-refractivity contribution < 1.29 is 31.1 Å². The van der Waals surface area contributed by atoms with Crippen LogP contribution in [0.4, 0.5) is 0 Å². The third-order valence-corrected chi connectivity index (χ3v) is 0.397. The van der Waals surface area contributed by atoms with Crippen molar-refractivity contribution >= 4 is 35.5 Å². The summed E-state index contributed by atoms with van der Waals surface area (Å²) in [5, 5.41) is 8.04. The van der Waals surface area contributed by atoms with Crippen molar-refractivity contribution in [3.8, 4) is 0 Å². The minimum absolute atomic E-state index is 0. The van der Waals surface area contributed by atoms with Gasteiger partial charge in [0.1, 0.15) is 6.61 Å². The average molecular weight is 182 g/mol. The molecule has 0 heterocycles. The first-order chi connectivity index (χ1) is 3.27. The minimum atomic E-state index is -0.353. The van der Waals surface area contributed by atoms with Crippen molar-refractivity contribution in [3.63, 3.8) is 0 Å². The molecule has 0 aliphatic carbocycles. The molecule has 0 radical (unpaired) electrons. The van der Waals surface area contributed by atoms with Gasteiger partial charge in [-0.05, 0) is 0 Å². The average Bonchev–Trinajstić information content (AvgIpc) is 1.61. The summed E-state index contributed by atoms with van der Waals surface area (Å²) < 4.78 is 4.30. The summed E-state index contributed by atoms with van der Waals surface area (Å²) >= 11 is 0. The van der Waals surface area contributed by atoms with Gasteiger partial charge in [-0.2, -0.15) is 0 Å². The van der Waals surface area contributed by atoms with Gasteiger partial charge in [0.15, 0.2) is 0 Å². The maximum absolute atomic E-state index is 9.87. The summed E-state index contributed by atoms with van der Waals surface area (Å²) in [7, 11) is 0. The molecule has 0 aromatic carbocycles. The van der Waals surface area contributed by atoms with Crippen LogP contribution in [-0.4, -0.2) is 70.3 Å². The summed E-state index contributed by atoms with van der Waals surface area (Å²) in [5.41, 5.74) is 0. The van der Waals surface area contributed by atoms with Crippen LogP contribution in [0.2, 0.25) is 0 Å². The van der Waals surface area contributed by atoms with Gasteiger partial charge in [0, 0.05) is 6.92 Å². The van der Waals surface area contributed by atoms with E-state index in [1.54, 1.807) is 0 Å². The second-order valence-corrected chi connectivity index (χ2v) is 1.06. The molecule has 0 atom stereocenters. The van der Waals surface area contributed by atoms with E-state index in [0.29, 0.717) is 0 Å². The summed E-state index contributed by atoms with van der Waals surface area (Å²) in [4.78, 5) is 9.87.